The van der Waals surface area contributed by atoms with Crippen molar-refractivity contribution < 1.29 is 14.1 Å². The zero-order valence-corrected chi connectivity index (χ0v) is 18.9. The second-order valence-electron chi connectivity index (χ2n) is 7.72. The molecule has 0 aliphatic heterocycles. The molecule has 0 saturated heterocycles. The molecular formula is C20H22ClN6O3P. The Morgan fingerprint density at radius 3 is 2.61 bits per heavy atom. The van der Waals surface area contributed by atoms with Gasteiger partial charge in [0.2, 0.25) is 0 Å². The lowest BCUT2D eigenvalue weighted by Gasteiger charge is -2.15. The number of amides is 1. The summed E-state index contributed by atoms with van der Waals surface area (Å²) in [7, 11) is -0.978. The number of aromatic nitrogens is 4. The summed E-state index contributed by atoms with van der Waals surface area (Å²) in [5.74, 6) is -0.240. The number of methoxy groups -OCH3 is 1. The largest absolute Gasteiger partial charge is 0.494 e. The lowest BCUT2D eigenvalue weighted by molar-refractivity contribution is 0.0995. The molecule has 2 heterocycles. The van der Waals surface area contributed by atoms with Gasteiger partial charge in [0.1, 0.15) is 7.14 Å². The SMILES string of the molecule is COc1c(Nc2cc(Cl)nnc2C(N)=O)cccc1-c1cc(P(C)(C)=O)n(C2CC2)n1. The molecule has 3 N–H and O–H groups in total. The molecule has 31 heavy (non-hydrogen) atoms. The second kappa shape index (κ2) is 7.98. The minimum atomic E-state index is -2.52. The molecule has 1 aliphatic rings. The lowest BCUT2D eigenvalue weighted by atomic mass is 10.1. The van der Waals surface area contributed by atoms with Gasteiger partial charge in [0.25, 0.3) is 5.91 Å². The average molecular weight is 461 g/mol. The molecule has 1 aromatic carbocycles. The monoisotopic (exact) mass is 460 g/mol. The Morgan fingerprint density at radius 2 is 2.00 bits per heavy atom. The number of primary amides is 1. The number of halogens is 1. The van der Waals surface area contributed by atoms with Crippen LogP contribution in [0.2, 0.25) is 5.15 Å². The number of nitrogens with two attached hydrogens (primary N) is 1. The maximum absolute atomic E-state index is 12.8. The Bertz CT molecular complexity index is 1220. The molecule has 11 heteroatoms. The predicted octanol–water partition coefficient (Wildman–Crippen LogP) is 3.43. The molecule has 0 spiro atoms. The first kappa shape index (κ1) is 21.3. The molecule has 0 radical (unpaired) electrons. The number of para-hydroxylation sites is 1. The molecule has 2 aromatic heterocycles. The number of hydrogen-bond acceptors (Lipinski definition) is 7. The van der Waals surface area contributed by atoms with E-state index in [0.29, 0.717) is 22.8 Å². The van der Waals surface area contributed by atoms with E-state index in [0.717, 1.165) is 23.8 Å². The zero-order chi connectivity index (χ0) is 22.3. The molecule has 1 saturated carbocycles. The fraction of sp³-hybridized carbons (Fsp3) is 0.300. The number of nitrogens with zero attached hydrogens (tertiary/aromatic N) is 4. The standard InChI is InChI=1S/C20H22ClN6O3P/c1-30-19-12(14-10-17(31(2,3)29)27(26-14)11-7-8-11)5-4-6-13(19)23-15-9-16(21)24-25-18(15)20(22)28/h4-6,9-11H,7-8H2,1-3H3,(H2,22,28)(H,23,24). The van der Waals surface area contributed by atoms with Crippen molar-refractivity contribution in [3.63, 3.8) is 0 Å². The van der Waals surface area contributed by atoms with Crippen molar-refractivity contribution in [3.05, 3.63) is 41.2 Å². The van der Waals surface area contributed by atoms with Gasteiger partial charge in [-0.3, -0.25) is 9.48 Å². The summed E-state index contributed by atoms with van der Waals surface area (Å²) < 4.78 is 20.4. The highest BCUT2D eigenvalue weighted by atomic mass is 35.5. The van der Waals surface area contributed by atoms with Crippen molar-refractivity contribution in [2.45, 2.75) is 18.9 Å². The van der Waals surface area contributed by atoms with Crippen LogP contribution in [0.15, 0.2) is 30.3 Å². The van der Waals surface area contributed by atoms with E-state index in [1.165, 1.54) is 6.07 Å². The van der Waals surface area contributed by atoms with Gasteiger partial charge in [-0.25, -0.2) is 0 Å². The first-order chi connectivity index (χ1) is 14.7. The Hall–Kier alpha value is -2.90. The van der Waals surface area contributed by atoms with E-state index in [1.807, 2.05) is 22.9 Å². The third-order valence-electron chi connectivity index (χ3n) is 4.92. The average Bonchev–Trinajstić information content (AvgIpc) is 3.44. The summed E-state index contributed by atoms with van der Waals surface area (Å²) in [5.41, 5.74) is 8.35. The predicted molar refractivity (Wildman–Crippen MR) is 120 cm³/mol. The van der Waals surface area contributed by atoms with E-state index in [-0.39, 0.29) is 16.9 Å². The Labute approximate surface area is 184 Å². The van der Waals surface area contributed by atoms with Crippen LogP contribution in [0.4, 0.5) is 11.4 Å². The molecule has 1 fully saturated rings. The van der Waals surface area contributed by atoms with Crippen LogP contribution in [-0.4, -0.2) is 46.3 Å². The number of hydrogen-bond donors (Lipinski definition) is 2. The molecule has 0 unspecified atom stereocenters. The number of benzene rings is 1. The van der Waals surface area contributed by atoms with E-state index >= 15 is 0 Å². The molecule has 1 amide bonds. The number of nitrogens with one attached hydrogen (secondary N) is 1. The topological polar surface area (TPSA) is 125 Å². The summed E-state index contributed by atoms with van der Waals surface area (Å²) >= 11 is 5.95. The van der Waals surface area contributed by atoms with Crippen LogP contribution in [0.5, 0.6) is 5.75 Å². The van der Waals surface area contributed by atoms with Crippen LogP contribution in [0, 0.1) is 0 Å². The fourth-order valence-electron chi connectivity index (χ4n) is 3.35. The quantitative estimate of drug-likeness (QED) is 0.517. The summed E-state index contributed by atoms with van der Waals surface area (Å²) in [6.45, 7) is 3.49. The van der Waals surface area contributed by atoms with E-state index < -0.39 is 13.0 Å². The van der Waals surface area contributed by atoms with Crippen LogP contribution < -0.4 is 21.2 Å². The minimum absolute atomic E-state index is 0.0462. The summed E-state index contributed by atoms with van der Waals surface area (Å²) in [5, 5.41) is 15.4. The molecule has 162 valence electrons. The van der Waals surface area contributed by atoms with Gasteiger partial charge in [0, 0.05) is 11.6 Å². The van der Waals surface area contributed by atoms with Crippen molar-refractivity contribution in [1.29, 1.82) is 0 Å². The van der Waals surface area contributed by atoms with Gasteiger partial charge in [-0.1, -0.05) is 17.7 Å². The Morgan fingerprint density at radius 1 is 1.26 bits per heavy atom. The molecule has 0 bridgehead atoms. The number of carbonyl (C=O) groups excluding carboxylic acids is 1. The number of ether oxygens (including phenoxy) is 1. The normalized spacial score (nSPS) is 13.8. The molecule has 9 nitrogen and oxygen atoms in total. The molecular weight excluding hydrogens is 439 g/mol. The third kappa shape index (κ3) is 4.29. The van der Waals surface area contributed by atoms with Gasteiger partial charge in [-0.05, 0) is 44.4 Å². The van der Waals surface area contributed by atoms with Crippen molar-refractivity contribution in [2.75, 3.05) is 25.8 Å². The van der Waals surface area contributed by atoms with Gasteiger partial charge in [-0.15, -0.1) is 10.2 Å². The highest BCUT2D eigenvalue weighted by molar-refractivity contribution is 7.69. The van der Waals surface area contributed by atoms with Crippen LogP contribution in [0.3, 0.4) is 0 Å². The van der Waals surface area contributed by atoms with Crippen molar-refractivity contribution in [3.8, 4) is 17.0 Å². The number of anilines is 2. The first-order valence-electron chi connectivity index (χ1n) is 9.61. The van der Waals surface area contributed by atoms with Crippen molar-refractivity contribution in [2.24, 2.45) is 5.73 Å². The maximum Gasteiger partial charge on any atom is 0.271 e. The van der Waals surface area contributed by atoms with Crippen LogP contribution in [0.25, 0.3) is 11.3 Å². The Balaban J connectivity index is 1.80. The van der Waals surface area contributed by atoms with Crippen LogP contribution >= 0.6 is 18.7 Å². The number of rotatable bonds is 7. The van der Waals surface area contributed by atoms with E-state index in [4.69, 9.17) is 27.2 Å². The molecule has 1 aliphatic carbocycles. The molecule has 3 aromatic rings. The highest BCUT2D eigenvalue weighted by Crippen LogP contribution is 2.44. The number of carbonyl (C=O) groups is 1. The Kier molecular flexibility index (Phi) is 5.49. The molecule has 4 rings (SSSR count). The summed E-state index contributed by atoms with van der Waals surface area (Å²) in [4.78, 5) is 11.7. The van der Waals surface area contributed by atoms with E-state index in [9.17, 15) is 9.36 Å². The van der Waals surface area contributed by atoms with Gasteiger partial charge in [0.15, 0.2) is 16.6 Å². The maximum atomic E-state index is 12.8. The van der Waals surface area contributed by atoms with Gasteiger partial charge in [0.05, 0.1) is 35.7 Å². The zero-order valence-electron chi connectivity index (χ0n) is 17.3. The smallest absolute Gasteiger partial charge is 0.271 e. The van der Waals surface area contributed by atoms with Crippen LogP contribution in [-0.2, 0) is 4.57 Å². The summed E-state index contributed by atoms with van der Waals surface area (Å²) in [6.07, 6.45) is 2.05. The molecule has 0 atom stereocenters. The first-order valence-corrected chi connectivity index (χ1v) is 12.6. The second-order valence-corrected chi connectivity index (χ2v) is 11.3. The summed E-state index contributed by atoms with van der Waals surface area (Å²) in [6, 6.07) is 9.09. The van der Waals surface area contributed by atoms with Gasteiger partial charge in [-0.2, -0.15) is 5.10 Å². The van der Waals surface area contributed by atoms with Gasteiger partial charge < -0.3 is 20.4 Å². The fourth-order valence-corrected chi connectivity index (χ4v) is 4.64. The van der Waals surface area contributed by atoms with Crippen molar-refractivity contribution >= 4 is 41.5 Å². The van der Waals surface area contributed by atoms with Gasteiger partial charge >= 0.3 is 0 Å². The van der Waals surface area contributed by atoms with Crippen molar-refractivity contribution in [1.82, 2.24) is 20.0 Å². The van der Waals surface area contributed by atoms with E-state index in [2.05, 4.69) is 15.5 Å². The third-order valence-corrected chi connectivity index (χ3v) is 6.54. The highest BCUT2D eigenvalue weighted by Gasteiger charge is 2.31. The minimum Gasteiger partial charge on any atom is -0.494 e. The van der Waals surface area contributed by atoms with E-state index in [1.54, 1.807) is 26.5 Å². The van der Waals surface area contributed by atoms with Crippen LogP contribution in [0.1, 0.15) is 29.4 Å². The lowest BCUT2D eigenvalue weighted by Crippen LogP contribution is -2.16.